The zero-order valence-electron chi connectivity index (χ0n) is 9.03. The first-order valence-electron chi connectivity index (χ1n) is 4.73. The molecule has 3 N–H and O–H groups in total. The number of carboxylic acid groups (broad SMARTS) is 1. The number of aliphatic hydroxyl groups is 1. The van der Waals surface area contributed by atoms with Crippen molar-refractivity contribution in [2.24, 2.45) is 5.41 Å². The first kappa shape index (κ1) is 15.0. The summed E-state index contributed by atoms with van der Waals surface area (Å²) in [5, 5.41) is 20.0. The van der Waals surface area contributed by atoms with E-state index in [0.29, 0.717) is 0 Å². The van der Waals surface area contributed by atoms with Crippen LogP contribution in [-0.2, 0) is 9.53 Å². The third-order valence-electron chi connectivity index (χ3n) is 1.93. The normalized spacial score (nSPS) is 13.9. The number of carbonyl (C=O) groups excluding carboxylic acids is 1. The molecule has 0 aromatic rings. The molecule has 0 aliphatic carbocycles. The second-order valence-electron chi connectivity index (χ2n) is 3.72. The van der Waals surface area contributed by atoms with E-state index in [9.17, 15) is 9.59 Å². The van der Waals surface area contributed by atoms with Crippen molar-refractivity contribution in [2.75, 3.05) is 25.6 Å². The molecule has 0 aliphatic heterocycles. The van der Waals surface area contributed by atoms with Crippen molar-refractivity contribution in [1.82, 2.24) is 5.32 Å². The predicted octanol–water partition coefficient (Wildman–Crippen LogP) is 0.425. The largest absolute Gasteiger partial charge is 0.481 e. The molecule has 1 amide bonds. The molecule has 1 atom stereocenters. The number of hydrogen-bond acceptors (Lipinski definition) is 4. The monoisotopic (exact) mass is 253 g/mol. The van der Waals surface area contributed by atoms with Gasteiger partial charge in [0.2, 0.25) is 0 Å². The summed E-state index contributed by atoms with van der Waals surface area (Å²) in [6.45, 7) is 1.33. The zero-order chi connectivity index (χ0) is 12.6. The van der Waals surface area contributed by atoms with Crippen LogP contribution in [0.15, 0.2) is 0 Å². The van der Waals surface area contributed by atoms with E-state index in [-0.39, 0.29) is 32.1 Å². The fourth-order valence-electron chi connectivity index (χ4n) is 1.01. The van der Waals surface area contributed by atoms with E-state index in [1.165, 1.54) is 0 Å². The minimum atomic E-state index is -1.03. The predicted molar refractivity (Wildman–Crippen MR) is 57.5 cm³/mol. The Kier molecular flexibility index (Phi) is 6.83. The van der Waals surface area contributed by atoms with Gasteiger partial charge in [0.25, 0.3) is 0 Å². The summed E-state index contributed by atoms with van der Waals surface area (Å²) in [4.78, 5) is 21.5. The molecule has 0 bridgehead atoms. The minimum Gasteiger partial charge on any atom is -0.481 e. The van der Waals surface area contributed by atoms with Gasteiger partial charge in [-0.15, -0.1) is 11.6 Å². The lowest BCUT2D eigenvalue weighted by atomic mass is 9.88. The van der Waals surface area contributed by atoms with E-state index in [2.05, 4.69) is 10.1 Å². The molecule has 7 heteroatoms. The molecule has 0 saturated heterocycles. The van der Waals surface area contributed by atoms with Gasteiger partial charge in [-0.2, -0.15) is 0 Å². The molecule has 0 aliphatic rings. The molecular weight excluding hydrogens is 238 g/mol. The van der Waals surface area contributed by atoms with Crippen LogP contribution in [0.1, 0.15) is 13.3 Å². The Morgan fingerprint density at radius 3 is 2.56 bits per heavy atom. The lowest BCUT2D eigenvalue weighted by molar-refractivity contribution is -0.140. The molecule has 16 heavy (non-hydrogen) atoms. The summed E-state index contributed by atoms with van der Waals surface area (Å²) in [6, 6.07) is 0. The maximum Gasteiger partial charge on any atom is 0.407 e. The Hall–Kier alpha value is -1.01. The van der Waals surface area contributed by atoms with Crippen molar-refractivity contribution in [3.05, 3.63) is 0 Å². The van der Waals surface area contributed by atoms with Gasteiger partial charge in [-0.3, -0.25) is 4.79 Å². The van der Waals surface area contributed by atoms with Crippen LogP contribution in [0, 0.1) is 5.41 Å². The second kappa shape index (κ2) is 7.29. The number of ether oxygens (including phenoxy) is 1. The number of aliphatic hydroxyl groups excluding tert-OH is 1. The molecule has 94 valence electrons. The number of rotatable bonds is 7. The van der Waals surface area contributed by atoms with Crippen LogP contribution in [0.5, 0.6) is 0 Å². The smallest absolute Gasteiger partial charge is 0.407 e. The molecule has 0 rings (SSSR count). The average Bonchev–Trinajstić information content (AvgIpc) is 2.22. The van der Waals surface area contributed by atoms with Crippen LogP contribution in [-0.4, -0.2) is 47.9 Å². The molecule has 0 saturated carbocycles. The first-order chi connectivity index (χ1) is 7.43. The molecule has 0 aromatic heterocycles. The quantitative estimate of drug-likeness (QED) is 0.572. The molecule has 0 heterocycles. The molecule has 0 fully saturated rings. The minimum absolute atomic E-state index is 0.0247. The van der Waals surface area contributed by atoms with E-state index in [1.54, 1.807) is 6.92 Å². The molecular formula is C9H16ClNO5. The van der Waals surface area contributed by atoms with Crippen LogP contribution in [0.4, 0.5) is 4.79 Å². The van der Waals surface area contributed by atoms with Crippen molar-refractivity contribution < 1.29 is 24.5 Å². The SMILES string of the molecule is CC(CO)(CNC(=O)OCCCl)CC(=O)O. The second-order valence-corrected chi connectivity index (χ2v) is 4.10. The van der Waals surface area contributed by atoms with E-state index in [0.717, 1.165) is 0 Å². The van der Waals surface area contributed by atoms with Gasteiger partial charge in [0.05, 0.1) is 18.9 Å². The third-order valence-corrected chi connectivity index (χ3v) is 2.08. The van der Waals surface area contributed by atoms with Crippen LogP contribution < -0.4 is 5.32 Å². The summed E-state index contributed by atoms with van der Waals surface area (Å²) in [6.07, 6.45) is -0.912. The van der Waals surface area contributed by atoms with Crippen LogP contribution >= 0.6 is 11.6 Å². The fraction of sp³-hybridized carbons (Fsp3) is 0.778. The van der Waals surface area contributed by atoms with Gasteiger partial charge in [0, 0.05) is 12.0 Å². The van der Waals surface area contributed by atoms with Gasteiger partial charge >= 0.3 is 12.1 Å². The van der Waals surface area contributed by atoms with Gasteiger partial charge in [-0.05, 0) is 0 Å². The van der Waals surface area contributed by atoms with E-state index >= 15 is 0 Å². The van der Waals surface area contributed by atoms with Gasteiger partial charge in [0.1, 0.15) is 6.61 Å². The Morgan fingerprint density at radius 2 is 2.12 bits per heavy atom. The molecule has 0 spiro atoms. The van der Waals surface area contributed by atoms with E-state index in [4.69, 9.17) is 21.8 Å². The van der Waals surface area contributed by atoms with E-state index < -0.39 is 17.5 Å². The van der Waals surface area contributed by atoms with Crippen molar-refractivity contribution in [3.8, 4) is 0 Å². The highest BCUT2D eigenvalue weighted by Gasteiger charge is 2.27. The third kappa shape index (κ3) is 6.47. The Morgan fingerprint density at radius 1 is 1.50 bits per heavy atom. The Bertz CT molecular complexity index is 248. The van der Waals surface area contributed by atoms with Gasteiger partial charge in [-0.25, -0.2) is 4.79 Å². The van der Waals surface area contributed by atoms with Crippen LogP contribution in [0.3, 0.4) is 0 Å². The number of alkyl halides is 1. The number of nitrogens with one attached hydrogen (secondary N) is 1. The van der Waals surface area contributed by atoms with Gasteiger partial charge in [0.15, 0.2) is 0 Å². The van der Waals surface area contributed by atoms with Gasteiger partial charge in [-0.1, -0.05) is 6.92 Å². The highest BCUT2D eigenvalue weighted by Crippen LogP contribution is 2.19. The van der Waals surface area contributed by atoms with Crippen molar-refractivity contribution in [1.29, 1.82) is 0 Å². The summed E-state index contributed by atoms with van der Waals surface area (Å²) in [5.74, 6) is -0.840. The number of hydrogen-bond donors (Lipinski definition) is 3. The standard InChI is InChI=1S/C9H16ClNO5/c1-9(6-12,4-7(13)14)5-11-8(15)16-3-2-10/h12H,2-6H2,1H3,(H,11,15)(H,13,14). The first-order valence-corrected chi connectivity index (χ1v) is 5.26. The highest BCUT2D eigenvalue weighted by atomic mass is 35.5. The maximum absolute atomic E-state index is 11.0. The molecule has 1 unspecified atom stereocenters. The summed E-state index contributed by atoms with van der Waals surface area (Å²) in [5.41, 5.74) is -0.897. The van der Waals surface area contributed by atoms with E-state index in [1.807, 2.05) is 0 Å². The average molecular weight is 254 g/mol. The Balaban J connectivity index is 4.03. The van der Waals surface area contributed by atoms with Crippen LogP contribution in [0.2, 0.25) is 0 Å². The number of carbonyl (C=O) groups is 2. The maximum atomic E-state index is 11.0. The lowest BCUT2D eigenvalue weighted by Crippen LogP contribution is -2.39. The molecule has 0 radical (unpaired) electrons. The highest BCUT2D eigenvalue weighted by molar-refractivity contribution is 6.18. The number of halogens is 1. The number of amides is 1. The summed E-state index contributed by atoms with van der Waals surface area (Å²) < 4.78 is 4.63. The summed E-state index contributed by atoms with van der Waals surface area (Å²) in [7, 11) is 0. The number of aliphatic carboxylic acids is 1. The number of alkyl carbamates (subject to hydrolysis) is 1. The zero-order valence-corrected chi connectivity index (χ0v) is 9.79. The lowest BCUT2D eigenvalue weighted by Gasteiger charge is -2.25. The van der Waals surface area contributed by atoms with Crippen LogP contribution in [0.25, 0.3) is 0 Å². The topological polar surface area (TPSA) is 95.9 Å². The fourth-order valence-corrected chi connectivity index (χ4v) is 1.08. The van der Waals surface area contributed by atoms with Crippen molar-refractivity contribution >= 4 is 23.7 Å². The van der Waals surface area contributed by atoms with Crippen molar-refractivity contribution in [2.45, 2.75) is 13.3 Å². The molecule has 0 aromatic carbocycles. The summed E-state index contributed by atoms with van der Waals surface area (Å²) >= 11 is 5.31. The Labute approximate surface area is 98.5 Å². The number of carboxylic acids is 1. The van der Waals surface area contributed by atoms with Gasteiger partial charge < -0.3 is 20.3 Å². The molecule has 6 nitrogen and oxygen atoms in total. The van der Waals surface area contributed by atoms with Crippen molar-refractivity contribution in [3.63, 3.8) is 0 Å².